The molecular weight excluding hydrogens is 280 g/mol. The van der Waals surface area contributed by atoms with Gasteiger partial charge in [-0.05, 0) is 24.3 Å². The van der Waals surface area contributed by atoms with Gasteiger partial charge in [0.2, 0.25) is 0 Å². The molecule has 0 spiro atoms. The van der Waals surface area contributed by atoms with Crippen molar-refractivity contribution in [3.63, 3.8) is 0 Å². The number of para-hydroxylation sites is 1. The first-order chi connectivity index (χ1) is 10.3. The Kier molecular flexibility index (Phi) is 4.17. The number of nitrogen functional groups attached to an aromatic ring is 1. The quantitative estimate of drug-likeness (QED) is 0.724. The Morgan fingerprint density at radius 2 is 1.76 bits per heavy atom. The van der Waals surface area contributed by atoms with Crippen LogP contribution < -0.4 is 10.5 Å². The summed E-state index contributed by atoms with van der Waals surface area (Å²) in [4.78, 5) is 4.64. The second-order valence-electron chi connectivity index (χ2n) is 4.66. The molecule has 0 unspecified atom stereocenters. The zero-order chi connectivity index (χ0) is 14.5. The van der Waals surface area contributed by atoms with Crippen LogP contribution in [-0.4, -0.2) is 11.6 Å². The number of hydrogen-bond acceptors (Lipinski definition) is 4. The lowest BCUT2D eigenvalue weighted by atomic mass is 10.1. The van der Waals surface area contributed by atoms with E-state index in [9.17, 15) is 0 Å². The van der Waals surface area contributed by atoms with Crippen molar-refractivity contribution in [3.05, 3.63) is 65.0 Å². The number of nitrogens with zero attached hydrogens (tertiary/aromatic N) is 1. The zero-order valence-corrected chi connectivity index (χ0v) is 12.3. The highest BCUT2D eigenvalue weighted by molar-refractivity contribution is 7.09. The summed E-state index contributed by atoms with van der Waals surface area (Å²) in [5.41, 5.74) is 8.55. The zero-order valence-electron chi connectivity index (χ0n) is 11.5. The number of hydrogen-bond donors (Lipinski definition) is 1. The summed E-state index contributed by atoms with van der Waals surface area (Å²) in [6.45, 7) is 0.638. The number of ether oxygens (including phenoxy) is 1. The third-order valence-electron chi connectivity index (χ3n) is 3.09. The monoisotopic (exact) mass is 296 g/mol. The first kappa shape index (κ1) is 13.6. The first-order valence-electron chi connectivity index (χ1n) is 6.79. The summed E-state index contributed by atoms with van der Waals surface area (Å²) < 4.78 is 5.69. The summed E-state index contributed by atoms with van der Waals surface area (Å²) in [5, 5.41) is 3.15. The lowest BCUT2D eigenvalue weighted by molar-refractivity contribution is 0.322. The number of anilines is 1. The number of nitrogens with two attached hydrogens (primary N) is 1. The van der Waals surface area contributed by atoms with Crippen molar-refractivity contribution in [1.29, 1.82) is 0 Å². The predicted octanol–water partition coefficient (Wildman–Crippen LogP) is 4.01. The third-order valence-corrected chi connectivity index (χ3v) is 3.99. The van der Waals surface area contributed by atoms with Crippen molar-refractivity contribution < 1.29 is 4.74 Å². The van der Waals surface area contributed by atoms with Crippen LogP contribution in [0.3, 0.4) is 0 Å². The Labute approximate surface area is 128 Å². The highest BCUT2D eigenvalue weighted by atomic mass is 32.1. The summed E-state index contributed by atoms with van der Waals surface area (Å²) in [5.74, 6) is 0.896. The SMILES string of the molecule is Nc1ccc(-c2csc(CCOc3ccccc3)n2)cc1. The van der Waals surface area contributed by atoms with Crippen LogP contribution in [0.25, 0.3) is 11.3 Å². The fraction of sp³-hybridized carbons (Fsp3) is 0.118. The lowest BCUT2D eigenvalue weighted by Gasteiger charge is -2.03. The van der Waals surface area contributed by atoms with Crippen LogP contribution >= 0.6 is 11.3 Å². The summed E-state index contributed by atoms with van der Waals surface area (Å²) in [7, 11) is 0. The smallest absolute Gasteiger partial charge is 0.119 e. The second kappa shape index (κ2) is 6.41. The number of aromatic nitrogens is 1. The average molecular weight is 296 g/mol. The Morgan fingerprint density at radius 3 is 2.52 bits per heavy atom. The maximum absolute atomic E-state index is 5.70. The number of thiazole rings is 1. The van der Waals surface area contributed by atoms with Gasteiger partial charge in [0.15, 0.2) is 0 Å². The van der Waals surface area contributed by atoms with E-state index in [1.54, 1.807) is 11.3 Å². The molecule has 0 atom stereocenters. The summed E-state index contributed by atoms with van der Waals surface area (Å²) >= 11 is 1.66. The van der Waals surface area contributed by atoms with Gasteiger partial charge in [0.1, 0.15) is 5.75 Å². The molecule has 1 aromatic heterocycles. The van der Waals surface area contributed by atoms with E-state index in [4.69, 9.17) is 10.5 Å². The van der Waals surface area contributed by atoms with E-state index in [0.717, 1.165) is 34.1 Å². The Bertz CT molecular complexity index is 692. The maximum atomic E-state index is 5.70. The Balaban J connectivity index is 1.59. The first-order valence-corrected chi connectivity index (χ1v) is 7.67. The molecular formula is C17H16N2OS. The fourth-order valence-electron chi connectivity index (χ4n) is 1.99. The van der Waals surface area contributed by atoms with Gasteiger partial charge < -0.3 is 10.5 Å². The minimum atomic E-state index is 0.638. The van der Waals surface area contributed by atoms with E-state index in [1.807, 2.05) is 54.6 Å². The molecule has 106 valence electrons. The molecule has 3 rings (SSSR count). The normalized spacial score (nSPS) is 10.5. The fourth-order valence-corrected chi connectivity index (χ4v) is 2.77. The van der Waals surface area contributed by atoms with Crippen LogP contribution in [0.2, 0.25) is 0 Å². The molecule has 3 nitrogen and oxygen atoms in total. The van der Waals surface area contributed by atoms with E-state index in [0.29, 0.717) is 6.61 Å². The molecule has 0 radical (unpaired) electrons. The molecule has 21 heavy (non-hydrogen) atoms. The van der Waals surface area contributed by atoms with Crippen molar-refractivity contribution in [3.8, 4) is 17.0 Å². The van der Waals surface area contributed by atoms with Gasteiger partial charge >= 0.3 is 0 Å². The van der Waals surface area contributed by atoms with Gasteiger partial charge in [-0.2, -0.15) is 0 Å². The molecule has 0 amide bonds. The van der Waals surface area contributed by atoms with Gasteiger partial charge in [0, 0.05) is 23.1 Å². The third kappa shape index (κ3) is 3.61. The molecule has 0 aliphatic heterocycles. The molecule has 0 saturated carbocycles. The van der Waals surface area contributed by atoms with Crippen LogP contribution in [0.1, 0.15) is 5.01 Å². The second-order valence-corrected chi connectivity index (χ2v) is 5.60. The van der Waals surface area contributed by atoms with Crippen LogP contribution in [0.5, 0.6) is 5.75 Å². The average Bonchev–Trinajstić information content (AvgIpc) is 2.98. The number of rotatable bonds is 5. The number of benzene rings is 2. The van der Waals surface area contributed by atoms with E-state index < -0.39 is 0 Å². The van der Waals surface area contributed by atoms with E-state index in [2.05, 4.69) is 10.4 Å². The van der Waals surface area contributed by atoms with Gasteiger partial charge in [0.05, 0.1) is 17.3 Å². The van der Waals surface area contributed by atoms with Gasteiger partial charge in [-0.25, -0.2) is 4.98 Å². The van der Waals surface area contributed by atoms with Gasteiger partial charge in [-0.3, -0.25) is 0 Å². The van der Waals surface area contributed by atoms with Crippen LogP contribution in [-0.2, 0) is 6.42 Å². The van der Waals surface area contributed by atoms with Crippen molar-refractivity contribution in [2.24, 2.45) is 0 Å². The molecule has 0 aliphatic rings. The van der Waals surface area contributed by atoms with E-state index in [1.165, 1.54) is 0 Å². The Morgan fingerprint density at radius 1 is 1.00 bits per heavy atom. The highest BCUT2D eigenvalue weighted by Gasteiger charge is 2.05. The van der Waals surface area contributed by atoms with Crippen molar-refractivity contribution >= 4 is 17.0 Å². The van der Waals surface area contributed by atoms with E-state index in [-0.39, 0.29) is 0 Å². The molecule has 0 bridgehead atoms. The highest BCUT2D eigenvalue weighted by Crippen LogP contribution is 2.23. The predicted molar refractivity (Wildman–Crippen MR) is 87.6 cm³/mol. The topological polar surface area (TPSA) is 48.1 Å². The van der Waals surface area contributed by atoms with Crippen LogP contribution in [0.15, 0.2) is 60.0 Å². The van der Waals surface area contributed by atoms with Gasteiger partial charge in [0.25, 0.3) is 0 Å². The minimum Gasteiger partial charge on any atom is -0.493 e. The van der Waals surface area contributed by atoms with Crippen molar-refractivity contribution in [2.75, 3.05) is 12.3 Å². The molecule has 2 N–H and O–H groups in total. The molecule has 0 saturated heterocycles. The minimum absolute atomic E-state index is 0.638. The van der Waals surface area contributed by atoms with Gasteiger partial charge in [-0.1, -0.05) is 30.3 Å². The molecule has 4 heteroatoms. The molecule has 1 heterocycles. The van der Waals surface area contributed by atoms with Gasteiger partial charge in [-0.15, -0.1) is 11.3 Å². The summed E-state index contributed by atoms with van der Waals surface area (Å²) in [6, 6.07) is 17.6. The molecule has 0 aliphatic carbocycles. The summed E-state index contributed by atoms with van der Waals surface area (Å²) in [6.07, 6.45) is 0.814. The maximum Gasteiger partial charge on any atom is 0.119 e. The van der Waals surface area contributed by atoms with Crippen molar-refractivity contribution in [2.45, 2.75) is 6.42 Å². The van der Waals surface area contributed by atoms with E-state index >= 15 is 0 Å². The largest absolute Gasteiger partial charge is 0.493 e. The molecule has 3 aromatic rings. The van der Waals surface area contributed by atoms with Crippen LogP contribution in [0, 0.1) is 0 Å². The lowest BCUT2D eigenvalue weighted by Crippen LogP contribution is -2.00. The standard InChI is InChI=1S/C17H16N2OS/c18-14-8-6-13(7-9-14)16-12-21-17(19-16)10-11-20-15-4-2-1-3-5-15/h1-9,12H,10-11,18H2. The molecule has 0 fully saturated rings. The van der Waals surface area contributed by atoms with Crippen LogP contribution in [0.4, 0.5) is 5.69 Å². The van der Waals surface area contributed by atoms with Crippen molar-refractivity contribution in [1.82, 2.24) is 4.98 Å². The Hall–Kier alpha value is -2.33. The molecule has 2 aromatic carbocycles.